The van der Waals surface area contributed by atoms with Crippen LogP contribution in [0, 0.1) is 27.3 Å². The molecule has 0 aliphatic carbocycles. The van der Waals surface area contributed by atoms with Crippen LogP contribution in [0.2, 0.25) is 0 Å². The highest BCUT2D eigenvalue weighted by Crippen LogP contribution is 2.27. The smallest absolute Gasteiger partial charge is 0.270 e. The van der Waals surface area contributed by atoms with Crippen molar-refractivity contribution in [1.29, 1.82) is 5.26 Å². The summed E-state index contributed by atoms with van der Waals surface area (Å²) in [6.45, 7) is 1.70. The maximum Gasteiger partial charge on any atom is 0.270 e. The van der Waals surface area contributed by atoms with Crippen LogP contribution in [0.3, 0.4) is 0 Å². The van der Waals surface area contributed by atoms with Gasteiger partial charge in [0.15, 0.2) is 0 Å². The van der Waals surface area contributed by atoms with Gasteiger partial charge in [0.1, 0.15) is 5.82 Å². The van der Waals surface area contributed by atoms with E-state index in [1.165, 1.54) is 30.7 Å². The Balaban J connectivity index is 1.90. The van der Waals surface area contributed by atoms with Crippen molar-refractivity contribution in [2.24, 2.45) is 0 Å². The van der Waals surface area contributed by atoms with Crippen LogP contribution in [-0.2, 0) is 0 Å². The molecule has 2 aromatic carbocycles. The number of allylic oxidation sites excluding steroid dienone is 1. The van der Waals surface area contributed by atoms with E-state index in [4.69, 9.17) is 0 Å². The van der Waals surface area contributed by atoms with Crippen LogP contribution in [-0.4, -0.2) is 18.0 Å². The molecule has 1 heterocycles. The Morgan fingerprint density at radius 1 is 1.19 bits per heavy atom. The Labute approximate surface area is 151 Å². The molecular weight excluding hydrogens is 333 g/mol. The highest BCUT2D eigenvalue weighted by Gasteiger charge is 2.15. The van der Waals surface area contributed by atoms with Crippen molar-refractivity contribution in [2.75, 3.05) is 18.0 Å². The minimum atomic E-state index is -0.508. The SMILES string of the molecule is N#CC(=Cc1ccc(N2CCCCC2)c(F)c1)c1cccc([N+](=O)[O-])c1. The molecule has 26 heavy (non-hydrogen) atoms. The summed E-state index contributed by atoms with van der Waals surface area (Å²) < 4.78 is 14.5. The number of nitrogens with zero attached hydrogens (tertiary/aromatic N) is 3. The maximum absolute atomic E-state index is 14.5. The van der Waals surface area contributed by atoms with Crippen molar-refractivity contribution in [2.45, 2.75) is 19.3 Å². The van der Waals surface area contributed by atoms with Gasteiger partial charge in [-0.25, -0.2) is 4.39 Å². The Hall–Kier alpha value is -3.20. The van der Waals surface area contributed by atoms with Crippen molar-refractivity contribution in [3.8, 4) is 6.07 Å². The van der Waals surface area contributed by atoms with Gasteiger partial charge in [0.25, 0.3) is 5.69 Å². The largest absolute Gasteiger partial charge is 0.369 e. The maximum atomic E-state index is 14.5. The minimum absolute atomic E-state index is 0.0877. The lowest BCUT2D eigenvalue weighted by Gasteiger charge is -2.29. The van der Waals surface area contributed by atoms with Gasteiger partial charge in [-0.1, -0.05) is 18.2 Å². The number of halogens is 1. The first kappa shape index (κ1) is 17.6. The van der Waals surface area contributed by atoms with Crippen LogP contribution in [0.25, 0.3) is 11.6 Å². The quantitative estimate of drug-likeness (QED) is 0.344. The number of nitriles is 1. The van der Waals surface area contributed by atoms with E-state index in [0.717, 1.165) is 25.9 Å². The van der Waals surface area contributed by atoms with Crippen LogP contribution in [0.5, 0.6) is 0 Å². The second-order valence-electron chi connectivity index (χ2n) is 6.24. The molecule has 0 bridgehead atoms. The number of non-ortho nitro benzene ring substituents is 1. The summed E-state index contributed by atoms with van der Waals surface area (Å²) in [5, 5.41) is 20.3. The summed E-state index contributed by atoms with van der Waals surface area (Å²) in [5.41, 5.74) is 1.72. The van der Waals surface area contributed by atoms with E-state index in [2.05, 4.69) is 0 Å². The van der Waals surface area contributed by atoms with Gasteiger partial charge in [0, 0.05) is 25.2 Å². The molecule has 0 amide bonds. The van der Waals surface area contributed by atoms with Crippen LogP contribution >= 0.6 is 0 Å². The molecule has 0 saturated carbocycles. The van der Waals surface area contributed by atoms with Crippen molar-refractivity contribution in [3.63, 3.8) is 0 Å². The molecule has 0 atom stereocenters. The lowest BCUT2D eigenvalue weighted by Crippen LogP contribution is -2.30. The fourth-order valence-electron chi connectivity index (χ4n) is 3.14. The predicted molar refractivity (Wildman–Crippen MR) is 99.0 cm³/mol. The Morgan fingerprint density at radius 2 is 1.96 bits per heavy atom. The van der Waals surface area contributed by atoms with Gasteiger partial charge in [0.05, 0.1) is 22.3 Å². The number of hydrogen-bond acceptors (Lipinski definition) is 4. The number of rotatable bonds is 4. The zero-order valence-electron chi connectivity index (χ0n) is 14.2. The van der Waals surface area contributed by atoms with Crippen molar-refractivity contribution in [3.05, 3.63) is 69.5 Å². The number of piperidine rings is 1. The first-order valence-electron chi connectivity index (χ1n) is 8.49. The van der Waals surface area contributed by atoms with Crippen LogP contribution in [0.1, 0.15) is 30.4 Å². The molecule has 3 rings (SSSR count). The molecule has 0 spiro atoms. The van der Waals surface area contributed by atoms with Crippen LogP contribution < -0.4 is 4.90 Å². The van der Waals surface area contributed by atoms with E-state index < -0.39 is 4.92 Å². The van der Waals surface area contributed by atoms with Gasteiger partial charge in [-0.2, -0.15) is 5.26 Å². The third-order valence-electron chi connectivity index (χ3n) is 4.47. The predicted octanol–water partition coefficient (Wildman–Crippen LogP) is 4.79. The zero-order valence-corrected chi connectivity index (χ0v) is 14.2. The third kappa shape index (κ3) is 3.89. The van der Waals surface area contributed by atoms with Gasteiger partial charge in [-0.05, 0) is 48.6 Å². The Kier molecular flexibility index (Phi) is 5.28. The first-order valence-corrected chi connectivity index (χ1v) is 8.49. The number of nitro benzene ring substituents is 1. The van der Waals surface area contributed by atoms with Gasteiger partial charge in [-0.15, -0.1) is 0 Å². The fourth-order valence-corrected chi connectivity index (χ4v) is 3.14. The minimum Gasteiger partial charge on any atom is -0.369 e. The molecule has 0 unspecified atom stereocenters. The highest BCUT2D eigenvalue weighted by atomic mass is 19.1. The fraction of sp³-hybridized carbons (Fsp3) is 0.250. The summed E-state index contributed by atoms with van der Waals surface area (Å²) >= 11 is 0. The summed E-state index contributed by atoms with van der Waals surface area (Å²) in [5.74, 6) is -0.322. The highest BCUT2D eigenvalue weighted by molar-refractivity contribution is 5.90. The second-order valence-corrected chi connectivity index (χ2v) is 6.24. The summed E-state index contributed by atoms with van der Waals surface area (Å²) in [6.07, 6.45) is 4.84. The van der Waals surface area contributed by atoms with E-state index in [-0.39, 0.29) is 17.1 Å². The van der Waals surface area contributed by atoms with E-state index in [1.54, 1.807) is 24.3 Å². The topological polar surface area (TPSA) is 70.2 Å². The zero-order chi connectivity index (χ0) is 18.5. The van der Waals surface area contributed by atoms with Gasteiger partial charge in [0.2, 0.25) is 0 Å². The first-order chi connectivity index (χ1) is 12.6. The molecule has 2 aromatic rings. The molecule has 1 aliphatic heterocycles. The average molecular weight is 351 g/mol. The van der Waals surface area contributed by atoms with Gasteiger partial charge >= 0.3 is 0 Å². The van der Waals surface area contributed by atoms with Crippen molar-refractivity contribution >= 4 is 23.0 Å². The van der Waals surface area contributed by atoms with E-state index >= 15 is 0 Å². The summed E-state index contributed by atoms with van der Waals surface area (Å²) in [4.78, 5) is 12.4. The van der Waals surface area contributed by atoms with Crippen LogP contribution in [0.15, 0.2) is 42.5 Å². The van der Waals surface area contributed by atoms with E-state index in [1.807, 2.05) is 11.0 Å². The lowest BCUT2D eigenvalue weighted by molar-refractivity contribution is -0.384. The number of hydrogen-bond donors (Lipinski definition) is 0. The molecule has 1 saturated heterocycles. The summed E-state index contributed by atoms with van der Waals surface area (Å²) in [7, 11) is 0. The Bertz CT molecular complexity index is 896. The number of nitro groups is 1. The molecule has 0 radical (unpaired) electrons. The second kappa shape index (κ2) is 7.79. The molecule has 0 aromatic heterocycles. The lowest BCUT2D eigenvalue weighted by atomic mass is 10.0. The van der Waals surface area contributed by atoms with Crippen LogP contribution in [0.4, 0.5) is 15.8 Å². The molecule has 1 aliphatic rings. The van der Waals surface area contributed by atoms with Crippen molar-refractivity contribution < 1.29 is 9.31 Å². The molecule has 0 N–H and O–H groups in total. The van der Waals surface area contributed by atoms with E-state index in [0.29, 0.717) is 16.8 Å². The molecule has 132 valence electrons. The molecule has 1 fully saturated rings. The molecule has 6 heteroatoms. The monoisotopic (exact) mass is 351 g/mol. The van der Waals surface area contributed by atoms with Crippen molar-refractivity contribution in [1.82, 2.24) is 0 Å². The van der Waals surface area contributed by atoms with Gasteiger partial charge in [-0.3, -0.25) is 10.1 Å². The standard InChI is InChI=1S/C20H18FN3O2/c21-19-12-15(7-8-20(19)23-9-2-1-3-10-23)11-17(14-22)16-5-4-6-18(13-16)24(25)26/h4-8,11-13H,1-3,9-10H2. The Morgan fingerprint density at radius 3 is 2.62 bits per heavy atom. The number of anilines is 1. The molecular formula is C20H18FN3O2. The third-order valence-corrected chi connectivity index (χ3v) is 4.47. The van der Waals surface area contributed by atoms with Gasteiger partial charge < -0.3 is 4.90 Å². The molecule has 5 nitrogen and oxygen atoms in total. The van der Waals surface area contributed by atoms with E-state index in [9.17, 15) is 19.8 Å². The summed E-state index contributed by atoms with van der Waals surface area (Å²) in [6, 6.07) is 12.8. The average Bonchev–Trinajstić information content (AvgIpc) is 2.67. The normalized spacial score (nSPS) is 14.8. The number of benzene rings is 2.